The highest BCUT2D eigenvalue weighted by Gasteiger charge is 2.47. The number of rotatable bonds is 10. The van der Waals surface area contributed by atoms with E-state index in [1.165, 1.54) is 17.0 Å². The summed E-state index contributed by atoms with van der Waals surface area (Å²) in [5, 5.41) is 21.2. The Morgan fingerprint density at radius 1 is 0.842 bits per heavy atom. The molecule has 1 amide bonds. The predicted octanol–water partition coefficient (Wildman–Crippen LogP) is 5.60. The first-order valence-electron chi connectivity index (χ1n) is 12.6. The number of nitrogens with zero attached hydrogens (tertiary/aromatic N) is 1. The number of aliphatic hydroxyl groups is 1. The smallest absolute Gasteiger partial charge is 0.300 e. The lowest BCUT2D eigenvalue weighted by Gasteiger charge is -2.26. The van der Waals surface area contributed by atoms with E-state index in [2.05, 4.69) is 0 Å². The summed E-state index contributed by atoms with van der Waals surface area (Å²) in [5.74, 6) is -0.299. The van der Waals surface area contributed by atoms with Crippen LogP contribution in [-0.4, -0.2) is 41.7 Å². The fraction of sp³-hybridized carbons (Fsp3) is 0.267. The van der Waals surface area contributed by atoms with Gasteiger partial charge in [-0.2, -0.15) is 0 Å². The van der Waals surface area contributed by atoms with Crippen molar-refractivity contribution in [3.05, 3.63) is 83.4 Å². The van der Waals surface area contributed by atoms with Gasteiger partial charge in [-0.3, -0.25) is 14.5 Å². The number of ketones is 1. The highest BCUT2D eigenvalue weighted by molar-refractivity contribution is 6.51. The molecule has 8 nitrogen and oxygen atoms in total. The first kappa shape index (κ1) is 26.6. The zero-order chi connectivity index (χ0) is 27.2. The second kappa shape index (κ2) is 11.7. The molecule has 0 bridgehead atoms. The number of amides is 1. The van der Waals surface area contributed by atoms with Crippen molar-refractivity contribution in [2.75, 3.05) is 24.7 Å². The third-order valence-corrected chi connectivity index (χ3v) is 6.06. The van der Waals surface area contributed by atoms with E-state index in [1.807, 2.05) is 20.8 Å². The van der Waals surface area contributed by atoms with Gasteiger partial charge in [0.15, 0.2) is 11.5 Å². The number of hydrogen-bond donors (Lipinski definition) is 2. The monoisotopic (exact) mass is 517 g/mol. The van der Waals surface area contributed by atoms with Gasteiger partial charge >= 0.3 is 0 Å². The summed E-state index contributed by atoms with van der Waals surface area (Å²) in [7, 11) is 0. The normalized spacial score (nSPS) is 16.5. The minimum absolute atomic E-state index is 0.0352. The molecule has 1 unspecified atom stereocenters. The number of phenols is 1. The van der Waals surface area contributed by atoms with Crippen molar-refractivity contribution in [2.45, 2.75) is 33.2 Å². The fourth-order valence-electron chi connectivity index (χ4n) is 4.34. The molecule has 1 fully saturated rings. The number of Topliss-reactive ketones (excluding diaryl/α,β-unsaturated/α-hetero) is 1. The Hall–Kier alpha value is -4.46. The van der Waals surface area contributed by atoms with Crippen molar-refractivity contribution in [3.63, 3.8) is 0 Å². The van der Waals surface area contributed by atoms with E-state index in [-0.39, 0.29) is 17.1 Å². The second-order valence-electron chi connectivity index (χ2n) is 8.63. The van der Waals surface area contributed by atoms with E-state index in [4.69, 9.17) is 14.2 Å². The standard InChI is InChI=1S/C30H31NO7/c1-4-17-38-23-14-9-20(10-15-23)28(33)26-27(19-7-12-22(32)13-8-19)31(30(35)29(26)34)21-11-16-24(36-5-2)25(18-21)37-6-3/h7-16,18,27,32-33H,4-6,17H2,1-3H3/b28-26+. The Balaban J connectivity index is 1.85. The molecule has 0 aromatic heterocycles. The average molecular weight is 518 g/mol. The minimum atomic E-state index is -0.945. The highest BCUT2D eigenvalue weighted by Crippen LogP contribution is 2.44. The number of anilines is 1. The molecule has 3 aromatic rings. The number of carbonyl (C=O) groups is 2. The van der Waals surface area contributed by atoms with Gasteiger partial charge < -0.3 is 24.4 Å². The molecule has 38 heavy (non-hydrogen) atoms. The highest BCUT2D eigenvalue weighted by atomic mass is 16.5. The summed E-state index contributed by atoms with van der Waals surface area (Å²) in [6, 6.07) is 16.9. The van der Waals surface area contributed by atoms with Gasteiger partial charge in [0.25, 0.3) is 11.7 Å². The van der Waals surface area contributed by atoms with Gasteiger partial charge in [0.2, 0.25) is 0 Å². The predicted molar refractivity (Wildman–Crippen MR) is 144 cm³/mol. The maximum Gasteiger partial charge on any atom is 0.300 e. The third kappa shape index (κ3) is 5.29. The molecule has 1 aliphatic heterocycles. The van der Waals surface area contributed by atoms with Crippen molar-refractivity contribution in [1.29, 1.82) is 0 Å². The van der Waals surface area contributed by atoms with Crippen molar-refractivity contribution in [1.82, 2.24) is 0 Å². The van der Waals surface area contributed by atoms with Crippen LogP contribution >= 0.6 is 0 Å². The summed E-state index contributed by atoms with van der Waals surface area (Å²) < 4.78 is 17.0. The van der Waals surface area contributed by atoms with Crippen LogP contribution in [-0.2, 0) is 9.59 Å². The minimum Gasteiger partial charge on any atom is -0.508 e. The van der Waals surface area contributed by atoms with Crippen LogP contribution < -0.4 is 19.1 Å². The van der Waals surface area contributed by atoms with Gasteiger partial charge in [-0.1, -0.05) is 19.1 Å². The van der Waals surface area contributed by atoms with Crippen LogP contribution in [0.3, 0.4) is 0 Å². The summed E-state index contributed by atoms with van der Waals surface area (Å²) in [5.41, 5.74) is 1.25. The van der Waals surface area contributed by atoms with Gasteiger partial charge in [0.1, 0.15) is 17.3 Å². The number of aliphatic hydroxyl groups excluding tert-OH is 1. The van der Waals surface area contributed by atoms with Gasteiger partial charge in [-0.25, -0.2) is 0 Å². The van der Waals surface area contributed by atoms with Crippen LogP contribution in [0.5, 0.6) is 23.0 Å². The Morgan fingerprint density at radius 3 is 2.13 bits per heavy atom. The van der Waals surface area contributed by atoms with Crippen molar-refractivity contribution < 1.29 is 34.0 Å². The molecule has 2 N–H and O–H groups in total. The Labute approximate surface area is 221 Å². The van der Waals surface area contributed by atoms with Crippen molar-refractivity contribution in [2.24, 2.45) is 0 Å². The summed E-state index contributed by atoms with van der Waals surface area (Å²) >= 11 is 0. The van der Waals surface area contributed by atoms with Crippen molar-refractivity contribution >= 4 is 23.1 Å². The zero-order valence-corrected chi connectivity index (χ0v) is 21.6. The molecule has 0 saturated carbocycles. The molecule has 0 aliphatic carbocycles. The van der Waals surface area contributed by atoms with Crippen LogP contribution in [0.25, 0.3) is 5.76 Å². The Bertz CT molecular complexity index is 1330. The molecule has 0 spiro atoms. The summed E-state index contributed by atoms with van der Waals surface area (Å²) in [6.07, 6.45) is 0.856. The van der Waals surface area contributed by atoms with Crippen LogP contribution in [0.15, 0.2) is 72.3 Å². The van der Waals surface area contributed by atoms with Crippen LogP contribution in [0, 0.1) is 0 Å². The van der Waals surface area contributed by atoms with E-state index >= 15 is 0 Å². The molecular formula is C30H31NO7. The molecule has 3 aromatic carbocycles. The quantitative estimate of drug-likeness (QED) is 0.205. The summed E-state index contributed by atoms with van der Waals surface area (Å²) in [6.45, 7) is 7.06. The fourth-order valence-corrected chi connectivity index (χ4v) is 4.34. The van der Waals surface area contributed by atoms with E-state index in [0.29, 0.717) is 53.9 Å². The lowest BCUT2D eigenvalue weighted by Crippen LogP contribution is -2.29. The first-order chi connectivity index (χ1) is 18.4. The number of hydrogen-bond acceptors (Lipinski definition) is 7. The Kier molecular flexibility index (Phi) is 8.21. The summed E-state index contributed by atoms with van der Waals surface area (Å²) in [4.78, 5) is 28.2. The van der Waals surface area contributed by atoms with E-state index in [9.17, 15) is 19.8 Å². The number of phenolic OH excluding ortho intramolecular Hbond substituents is 1. The number of aromatic hydroxyl groups is 1. The van der Waals surface area contributed by atoms with Crippen molar-refractivity contribution in [3.8, 4) is 23.0 Å². The largest absolute Gasteiger partial charge is 0.508 e. The van der Waals surface area contributed by atoms with Gasteiger partial charge in [-0.15, -0.1) is 0 Å². The lowest BCUT2D eigenvalue weighted by molar-refractivity contribution is -0.132. The molecule has 1 aliphatic rings. The maximum atomic E-state index is 13.4. The van der Waals surface area contributed by atoms with Gasteiger partial charge in [0, 0.05) is 17.3 Å². The van der Waals surface area contributed by atoms with E-state index < -0.39 is 17.7 Å². The molecule has 198 valence electrons. The Morgan fingerprint density at radius 2 is 1.50 bits per heavy atom. The molecule has 1 saturated heterocycles. The molecular weight excluding hydrogens is 486 g/mol. The van der Waals surface area contributed by atoms with Gasteiger partial charge in [0.05, 0.1) is 31.4 Å². The molecule has 4 rings (SSSR count). The lowest BCUT2D eigenvalue weighted by atomic mass is 9.95. The molecule has 8 heteroatoms. The second-order valence-corrected chi connectivity index (χ2v) is 8.63. The topological polar surface area (TPSA) is 106 Å². The van der Waals surface area contributed by atoms with Crippen LogP contribution in [0.1, 0.15) is 44.4 Å². The number of carbonyl (C=O) groups excluding carboxylic acids is 2. The zero-order valence-electron chi connectivity index (χ0n) is 21.6. The number of benzene rings is 3. The number of ether oxygens (including phenoxy) is 3. The third-order valence-electron chi connectivity index (χ3n) is 6.06. The van der Waals surface area contributed by atoms with E-state index in [1.54, 1.807) is 54.6 Å². The molecule has 1 atom stereocenters. The maximum absolute atomic E-state index is 13.4. The molecule has 0 radical (unpaired) electrons. The first-order valence-corrected chi connectivity index (χ1v) is 12.6. The molecule has 1 heterocycles. The van der Waals surface area contributed by atoms with E-state index in [0.717, 1.165) is 6.42 Å². The SMILES string of the molecule is CCCOc1ccc(/C(O)=C2\C(=O)C(=O)N(c3ccc(OCC)c(OCC)c3)C2c2ccc(O)cc2)cc1. The van der Waals surface area contributed by atoms with Gasteiger partial charge in [-0.05, 0) is 74.4 Å². The van der Waals surface area contributed by atoms with Crippen LogP contribution in [0.2, 0.25) is 0 Å². The van der Waals surface area contributed by atoms with Crippen LogP contribution in [0.4, 0.5) is 5.69 Å². The average Bonchev–Trinajstić information content (AvgIpc) is 3.19.